The summed E-state index contributed by atoms with van der Waals surface area (Å²) in [7, 11) is 0. The average molecular weight is 224 g/mol. The molecule has 2 N–H and O–H groups in total. The van der Waals surface area contributed by atoms with E-state index in [1.54, 1.807) is 0 Å². The Hall–Kier alpha value is -0.910. The van der Waals surface area contributed by atoms with Crippen LogP contribution >= 0.6 is 0 Å². The summed E-state index contributed by atoms with van der Waals surface area (Å²) in [5, 5.41) is 6.60. The molecule has 0 saturated carbocycles. The van der Waals surface area contributed by atoms with Gasteiger partial charge in [-0.15, -0.1) is 0 Å². The Morgan fingerprint density at radius 2 is 2.31 bits per heavy atom. The van der Waals surface area contributed by atoms with Gasteiger partial charge in [-0.2, -0.15) is 0 Å². The third-order valence-electron chi connectivity index (χ3n) is 2.88. The number of hydrogen-bond acceptors (Lipinski definition) is 5. The number of rotatable bonds is 4. The third kappa shape index (κ3) is 3.30. The number of nitrogens with one attached hydrogen (secondary N) is 2. The summed E-state index contributed by atoms with van der Waals surface area (Å²) in [5.41, 5.74) is 0. The molecule has 1 fully saturated rings. The number of morpholine rings is 1. The van der Waals surface area contributed by atoms with Crippen LogP contribution in [0.25, 0.3) is 0 Å². The van der Waals surface area contributed by atoms with Crippen molar-refractivity contribution < 1.29 is 4.74 Å². The van der Waals surface area contributed by atoms with Crippen LogP contribution in [0, 0.1) is 0 Å². The first-order valence-electron chi connectivity index (χ1n) is 5.82. The van der Waals surface area contributed by atoms with Crippen molar-refractivity contribution in [1.82, 2.24) is 15.5 Å². The van der Waals surface area contributed by atoms with Gasteiger partial charge in [-0.05, 0) is 13.0 Å². The molecule has 0 radical (unpaired) electrons. The van der Waals surface area contributed by atoms with Crippen LogP contribution in [0.4, 0.5) is 0 Å². The fourth-order valence-corrected chi connectivity index (χ4v) is 1.86. The van der Waals surface area contributed by atoms with Gasteiger partial charge in [-0.3, -0.25) is 15.2 Å². The first-order valence-corrected chi connectivity index (χ1v) is 5.82. The fraction of sp³-hybridized carbons (Fsp3) is 0.727. The Labute approximate surface area is 96.6 Å². The van der Waals surface area contributed by atoms with Crippen molar-refractivity contribution in [3.63, 3.8) is 0 Å². The summed E-state index contributed by atoms with van der Waals surface area (Å²) in [6, 6.07) is 0. The van der Waals surface area contributed by atoms with Crippen LogP contribution in [0.15, 0.2) is 17.3 Å². The maximum atomic E-state index is 5.31. The number of ether oxygens (including phenoxy) is 1. The quantitative estimate of drug-likeness (QED) is 0.692. The predicted molar refractivity (Wildman–Crippen MR) is 64.4 cm³/mol. The van der Waals surface area contributed by atoms with E-state index in [2.05, 4.69) is 20.5 Å². The Balaban J connectivity index is 1.67. The van der Waals surface area contributed by atoms with Crippen molar-refractivity contribution in [2.75, 3.05) is 39.4 Å². The van der Waals surface area contributed by atoms with E-state index in [-0.39, 0.29) is 5.79 Å². The zero-order chi connectivity index (χ0) is 11.3. The maximum Gasteiger partial charge on any atom is 0.181 e. The van der Waals surface area contributed by atoms with Gasteiger partial charge in [0, 0.05) is 38.6 Å². The lowest BCUT2D eigenvalue weighted by atomic mass is 10.3. The van der Waals surface area contributed by atoms with E-state index in [1.165, 1.54) is 0 Å². The molecule has 16 heavy (non-hydrogen) atoms. The van der Waals surface area contributed by atoms with Gasteiger partial charge in [0.1, 0.15) is 0 Å². The minimum atomic E-state index is -0.346. The summed E-state index contributed by atoms with van der Waals surface area (Å²) in [6.45, 7) is 7.79. The van der Waals surface area contributed by atoms with Gasteiger partial charge in [0.05, 0.1) is 13.2 Å². The summed E-state index contributed by atoms with van der Waals surface area (Å²) >= 11 is 0. The maximum absolute atomic E-state index is 5.31. The largest absolute Gasteiger partial charge is 0.379 e. The molecule has 2 heterocycles. The lowest BCUT2D eigenvalue weighted by Crippen LogP contribution is -2.54. The first kappa shape index (κ1) is 11.6. The van der Waals surface area contributed by atoms with Crippen LogP contribution in [0.3, 0.4) is 0 Å². The van der Waals surface area contributed by atoms with Crippen molar-refractivity contribution in [2.24, 2.45) is 4.99 Å². The molecule has 90 valence electrons. The zero-order valence-electron chi connectivity index (χ0n) is 9.78. The SMILES string of the molecule is CC1(NCCN2CCOCC2)N=CC=CN1. The van der Waals surface area contributed by atoms with Gasteiger partial charge in [-0.25, -0.2) is 0 Å². The van der Waals surface area contributed by atoms with E-state index in [1.807, 2.05) is 25.4 Å². The highest BCUT2D eigenvalue weighted by Gasteiger charge is 2.20. The van der Waals surface area contributed by atoms with E-state index in [0.29, 0.717) is 0 Å². The molecule has 0 spiro atoms. The normalized spacial score (nSPS) is 30.3. The molecule has 0 aromatic carbocycles. The van der Waals surface area contributed by atoms with Crippen molar-refractivity contribution in [3.8, 4) is 0 Å². The Bertz CT molecular complexity index is 273. The molecule has 2 aliphatic heterocycles. The molecule has 1 atom stereocenters. The highest BCUT2D eigenvalue weighted by atomic mass is 16.5. The van der Waals surface area contributed by atoms with Crippen LogP contribution in [-0.4, -0.2) is 56.3 Å². The van der Waals surface area contributed by atoms with Gasteiger partial charge in [0.2, 0.25) is 0 Å². The molecule has 0 aromatic heterocycles. The van der Waals surface area contributed by atoms with Crippen LogP contribution in [0.5, 0.6) is 0 Å². The van der Waals surface area contributed by atoms with Crippen LogP contribution in [0.1, 0.15) is 6.92 Å². The highest BCUT2D eigenvalue weighted by Crippen LogP contribution is 2.03. The molecule has 1 saturated heterocycles. The van der Waals surface area contributed by atoms with Gasteiger partial charge >= 0.3 is 0 Å². The lowest BCUT2D eigenvalue weighted by Gasteiger charge is -2.31. The summed E-state index contributed by atoms with van der Waals surface area (Å²) < 4.78 is 5.31. The summed E-state index contributed by atoms with van der Waals surface area (Å²) in [6.07, 6.45) is 5.62. The van der Waals surface area contributed by atoms with Gasteiger partial charge in [-0.1, -0.05) is 0 Å². The lowest BCUT2D eigenvalue weighted by molar-refractivity contribution is 0.0374. The molecule has 0 aliphatic carbocycles. The summed E-state index contributed by atoms with van der Waals surface area (Å²) in [4.78, 5) is 6.77. The predicted octanol–water partition coefficient (Wildman–Crippen LogP) is -0.230. The highest BCUT2D eigenvalue weighted by molar-refractivity contribution is 5.72. The number of nitrogens with zero attached hydrogens (tertiary/aromatic N) is 2. The summed E-state index contributed by atoms with van der Waals surface area (Å²) in [5.74, 6) is -0.346. The monoisotopic (exact) mass is 224 g/mol. The second kappa shape index (κ2) is 5.43. The second-order valence-corrected chi connectivity index (χ2v) is 4.23. The van der Waals surface area contributed by atoms with E-state index in [9.17, 15) is 0 Å². The second-order valence-electron chi connectivity index (χ2n) is 4.23. The van der Waals surface area contributed by atoms with Crippen molar-refractivity contribution in [1.29, 1.82) is 0 Å². The smallest absolute Gasteiger partial charge is 0.181 e. The molecular weight excluding hydrogens is 204 g/mol. The Morgan fingerprint density at radius 1 is 1.50 bits per heavy atom. The van der Waals surface area contributed by atoms with Crippen LogP contribution in [0.2, 0.25) is 0 Å². The molecule has 1 unspecified atom stereocenters. The molecule has 0 aromatic rings. The topological polar surface area (TPSA) is 48.9 Å². The average Bonchev–Trinajstić information content (AvgIpc) is 2.31. The molecular formula is C11H20N4O. The molecule has 2 rings (SSSR count). The number of hydrogen-bond donors (Lipinski definition) is 2. The van der Waals surface area contributed by atoms with Gasteiger partial charge in [0.15, 0.2) is 5.79 Å². The Kier molecular flexibility index (Phi) is 3.93. The van der Waals surface area contributed by atoms with E-state index in [4.69, 9.17) is 4.74 Å². The Morgan fingerprint density at radius 3 is 3.00 bits per heavy atom. The van der Waals surface area contributed by atoms with Gasteiger partial charge in [0.25, 0.3) is 0 Å². The molecule has 0 bridgehead atoms. The zero-order valence-corrected chi connectivity index (χ0v) is 9.78. The number of allylic oxidation sites excluding steroid dienone is 1. The van der Waals surface area contributed by atoms with Crippen molar-refractivity contribution >= 4 is 6.21 Å². The molecule has 0 amide bonds. The fourth-order valence-electron chi connectivity index (χ4n) is 1.86. The minimum Gasteiger partial charge on any atom is -0.379 e. The molecule has 2 aliphatic rings. The first-order chi connectivity index (χ1) is 7.79. The van der Waals surface area contributed by atoms with Gasteiger partial charge < -0.3 is 10.1 Å². The van der Waals surface area contributed by atoms with E-state index >= 15 is 0 Å². The third-order valence-corrected chi connectivity index (χ3v) is 2.88. The van der Waals surface area contributed by atoms with Crippen LogP contribution in [-0.2, 0) is 4.74 Å². The standard InChI is InChI=1S/C11H20N4O/c1-11(12-3-2-4-13-11)14-5-6-15-7-9-16-10-8-15/h2-4,12,14H,5-10H2,1H3. The molecule has 5 nitrogen and oxygen atoms in total. The van der Waals surface area contributed by atoms with E-state index < -0.39 is 0 Å². The number of aliphatic imine (C=N–C) groups is 1. The van der Waals surface area contributed by atoms with E-state index in [0.717, 1.165) is 39.4 Å². The van der Waals surface area contributed by atoms with Crippen molar-refractivity contribution in [3.05, 3.63) is 12.3 Å². The van der Waals surface area contributed by atoms with Crippen LogP contribution < -0.4 is 10.6 Å². The van der Waals surface area contributed by atoms with Crippen molar-refractivity contribution in [2.45, 2.75) is 12.7 Å². The molecule has 5 heteroatoms. The minimum absolute atomic E-state index is 0.346.